The normalized spacial score (nSPS) is 12.9. The minimum absolute atomic E-state index is 0.137. The van der Waals surface area contributed by atoms with Crippen molar-refractivity contribution < 1.29 is 18.3 Å². The van der Waals surface area contributed by atoms with Crippen molar-refractivity contribution in [2.45, 2.75) is 19.3 Å². The van der Waals surface area contributed by atoms with Crippen LogP contribution in [0.1, 0.15) is 23.2 Å². The van der Waals surface area contributed by atoms with Gasteiger partial charge in [0.1, 0.15) is 5.52 Å². The van der Waals surface area contributed by atoms with Gasteiger partial charge in [0.25, 0.3) is 0 Å². The van der Waals surface area contributed by atoms with E-state index in [0.29, 0.717) is 15.9 Å². The SMILES string of the molecule is Cc1nc(-n2nccn2)c(Cl)cc1NC(O)c1cnn(-c2cccc3scnc23)c1C(F)(F)F. The van der Waals surface area contributed by atoms with Crippen molar-refractivity contribution >= 4 is 38.8 Å². The fourth-order valence-corrected chi connectivity index (χ4v) is 4.40. The van der Waals surface area contributed by atoms with E-state index in [0.717, 1.165) is 10.9 Å². The van der Waals surface area contributed by atoms with Crippen LogP contribution in [0.4, 0.5) is 18.9 Å². The van der Waals surface area contributed by atoms with Gasteiger partial charge in [-0.2, -0.15) is 28.5 Å². The Morgan fingerprint density at radius 3 is 2.68 bits per heavy atom. The molecule has 1 atom stereocenters. The number of nitrogens with one attached hydrogen (secondary N) is 1. The van der Waals surface area contributed by atoms with Crippen LogP contribution in [0.2, 0.25) is 5.02 Å². The van der Waals surface area contributed by atoms with Crippen molar-refractivity contribution in [1.82, 2.24) is 34.7 Å². The lowest BCUT2D eigenvalue weighted by atomic mass is 10.2. The molecule has 5 rings (SSSR count). The summed E-state index contributed by atoms with van der Waals surface area (Å²) >= 11 is 7.57. The number of pyridine rings is 1. The molecule has 0 fully saturated rings. The quantitative estimate of drug-likeness (QED) is 0.337. The molecule has 0 amide bonds. The van der Waals surface area contributed by atoms with Crippen LogP contribution in [0, 0.1) is 6.92 Å². The molecule has 0 aliphatic heterocycles. The van der Waals surface area contributed by atoms with Gasteiger partial charge in [-0.05, 0) is 25.1 Å². The highest BCUT2D eigenvalue weighted by Gasteiger charge is 2.41. The summed E-state index contributed by atoms with van der Waals surface area (Å²) in [5.74, 6) is 0.240. The number of aromatic nitrogens is 7. The Labute approximate surface area is 198 Å². The number of fused-ring (bicyclic) bond motifs is 1. The molecular formula is C20H14ClF3N8OS. The number of thiazole rings is 1. The Hall–Kier alpha value is -3.55. The number of hydrogen-bond acceptors (Lipinski definition) is 8. The molecule has 0 aliphatic rings. The third-order valence-electron chi connectivity index (χ3n) is 4.98. The maximum atomic E-state index is 14.1. The topological polar surface area (TPSA) is 107 Å². The summed E-state index contributed by atoms with van der Waals surface area (Å²) in [7, 11) is 0. The van der Waals surface area contributed by atoms with Crippen molar-refractivity contribution in [3.63, 3.8) is 0 Å². The molecule has 0 aliphatic carbocycles. The number of para-hydroxylation sites is 1. The first-order valence-electron chi connectivity index (χ1n) is 9.70. The van der Waals surface area contributed by atoms with Crippen molar-refractivity contribution in [3.05, 3.63) is 70.3 Å². The van der Waals surface area contributed by atoms with Crippen LogP contribution in [0.5, 0.6) is 0 Å². The van der Waals surface area contributed by atoms with Crippen molar-refractivity contribution in [3.8, 4) is 11.5 Å². The summed E-state index contributed by atoms with van der Waals surface area (Å²) in [6.45, 7) is 1.61. The van der Waals surface area contributed by atoms with Gasteiger partial charge in [-0.1, -0.05) is 17.7 Å². The largest absolute Gasteiger partial charge is 0.433 e. The molecule has 4 heterocycles. The lowest BCUT2D eigenvalue weighted by molar-refractivity contribution is -0.144. The number of aliphatic hydroxyl groups is 1. The fourth-order valence-electron chi connectivity index (χ4n) is 3.47. The average molecular weight is 507 g/mol. The monoisotopic (exact) mass is 506 g/mol. The lowest BCUT2D eigenvalue weighted by Crippen LogP contribution is -2.20. The van der Waals surface area contributed by atoms with Crippen molar-refractivity contribution in [2.75, 3.05) is 5.32 Å². The van der Waals surface area contributed by atoms with Gasteiger partial charge in [-0.25, -0.2) is 14.6 Å². The van der Waals surface area contributed by atoms with Crippen LogP contribution in [-0.4, -0.2) is 39.8 Å². The van der Waals surface area contributed by atoms with Crippen molar-refractivity contribution in [1.29, 1.82) is 0 Å². The average Bonchev–Trinajstić information content (AvgIpc) is 3.55. The highest BCUT2D eigenvalue weighted by molar-refractivity contribution is 7.16. The Balaban J connectivity index is 1.54. The zero-order valence-electron chi connectivity index (χ0n) is 17.2. The van der Waals surface area contributed by atoms with Gasteiger partial charge in [0.2, 0.25) is 0 Å². The molecule has 0 spiro atoms. The van der Waals surface area contributed by atoms with Gasteiger partial charge in [0, 0.05) is 0 Å². The van der Waals surface area contributed by atoms with E-state index in [1.165, 1.54) is 40.7 Å². The number of nitrogens with zero attached hydrogens (tertiary/aromatic N) is 7. The zero-order valence-corrected chi connectivity index (χ0v) is 18.8. The number of hydrogen-bond donors (Lipinski definition) is 2. The molecule has 1 aromatic carbocycles. The summed E-state index contributed by atoms with van der Waals surface area (Å²) in [5, 5.41) is 25.4. The zero-order chi connectivity index (χ0) is 24.0. The van der Waals surface area contributed by atoms with Crippen LogP contribution >= 0.6 is 22.9 Å². The Kier molecular flexibility index (Phi) is 5.46. The van der Waals surface area contributed by atoms with Gasteiger partial charge < -0.3 is 10.4 Å². The number of aryl methyl sites for hydroxylation is 1. The second kappa shape index (κ2) is 8.34. The van der Waals surface area contributed by atoms with Crippen LogP contribution in [0.3, 0.4) is 0 Å². The van der Waals surface area contributed by atoms with Gasteiger partial charge in [0.15, 0.2) is 17.7 Å². The first kappa shape index (κ1) is 22.3. The minimum atomic E-state index is -4.81. The van der Waals surface area contributed by atoms with Gasteiger partial charge >= 0.3 is 6.18 Å². The molecule has 4 aromatic heterocycles. The molecule has 0 radical (unpaired) electrons. The Bertz CT molecular complexity index is 1480. The lowest BCUT2D eigenvalue weighted by Gasteiger charge is -2.19. The second-order valence-corrected chi connectivity index (χ2v) is 8.42. The summed E-state index contributed by atoms with van der Waals surface area (Å²) < 4.78 is 43.9. The minimum Gasteiger partial charge on any atom is -0.369 e. The number of alkyl halides is 3. The molecule has 14 heteroatoms. The summed E-state index contributed by atoms with van der Waals surface area (Å²) in [6, 6.07) is 6.30. The van der Waals surface area contributed by atoms with E-state index in [4.69, 9.17) is 11.6 Å². The molecule has 2 N–H and O–H groups in total. The summed E-state index contributed by atoms with van der Waals surface area (Å²) in [5.41, 5.74) is 1.09. The highest BCUT2D eigenvalue weighted by Crippen LogP contribution is 2.38. The third kappa shape index (κ3) is 3.87. The molecule has 1 unspecified atom stereocenters. The molecule has 0 saturated carbocycles. The van der Waals surface area contributed by atoms with Crippen molar-refractivity contribution in [2.24, 2.45) is 0 Å². The van der Waals surface area contributed by atoms with Crippen LogP contribution in [0.25, 0.3) is 21.7 Å². The van der Waals surface area contributed by atoms with Crippen LogP contribution in [0.15, 0.2) is 48.4 Å². The summed E-state index contributed by atoms with van der Waals surface area (Å²) in [6.07, 6.45) is -2.70. The third-order valence-corrected chi connectivity index (χ3v) is 6.05. The number of rotatable bonds is 5. The molecule has 0 bridgehead atoms. The first-order chi connectivity index (χ1) is 16.2. The molecular weight excluding hydrogens is 493 g/mol. The predicted molar refractivity (Wildman–Crippen MR) is 119 cm³/mol. The number of benzene rings is 1. The van der Waals surface area contributed by atoms with Crippen LogP contribution in [-0.2, 0) is 6.18 Å². The van der Waals surface area contributed by atoms with E-state index in [1.54, 1.807) is 24.6 Å². The van der Waals surface area contributed by atoms with E-state index >= 15 is 0 Å². The van der Waals surface area contributed by atoms with Gasteiger partial charge in [-0.3, -0.25) is 0 Å². The second-order valence-electron chi connectivity index (χ2n) is 7.13. The van der Waals surface area contributed by atoms with Gasteiger partial charge in [0.05, 0.1) is 56.5 Å². The van der Waals surface area contributed by atoms with Gasteiger partial charge in [-0.15, -0.1) is 16.1 Å². The molecule has 174 valence electrons. The smallest absolute Gasteiger partial charge is 0.369 e. The number of aliphatic hydroxyl groups excluding tert-OH is 1. The molecule has 9 nitrogen and oxygen atoms in total. The number of anilines is 1. The molecule has 5 aromatic rings. The summed E-state index contributed by atoms with van der Waals surface area (Å²) in [4.78, 5) is 9.67. The molecule has 0 saturated heterocycles. The van der Waals surface area contributed by atoms with E-state index in [1.807, 2.05) is 0 Å². The van der Waals surface area contributed by atoms with E-state index in [-0.39, 0.29) is 22.2 Å². The van der Waals surface area contributed by atoms with E-state index < -0.39 is 23.7 Å². The van der Waals surface area contributed by atoms with E-state index in [2.05, 4.69) is 30.6 Å². The standard InChI is InChI=1S/C20H14ClF3N8OS/c1-10-13(7-12(21)18(29-10)32-26-5-6-27-32)30-19(33)11-8-28-31(17(11)20(22,23)24)14-3-2-4-15-16(14)25-9-34-15/h2-9,19,30,33H,1H3. The first-order valence-corrected chi connectivity index (χ1v) is 11.0. The van der Waals surface area contributed by atoms with E-state index in [9.17, 15) is 18.3 Å². The predicted octanol–water partition coefficient (Wildman–Crippen LogP) is 4.54. The Morgan fingerprint density at radius 1 is 1.18 bits per heavy atom. The maximum absolute atomic E-state index is 14.1. The number of halogens is 4. The van der Waals surface area contributed by atoms with Crippen LogP contribution < -0.4 is 5.32 Å². The fraction of sp³-hybridized carbons (Fsp3) is 0.150. The highest BCUT2D eigenvalue weighted by atomic mass is 35.5. The maximum Gasteiger partial charge on any atom is 0.433 e. The Morgan fingerprint density at radius 2 is 1.94 bits per heavy atom. The molecule has 34 heavy (non-hydrogen) atoms.